The van der Waals surface area contributed by atoms with Gasteiger partial charge in [0.05, 0.1) is 0 Å². The van der Waals surface area contributed by atoms with E-state index < -0.39 is 0 Å². The van der Waals surface area contributed by atoms with Crippen LogP contribution in [0.4, 0.5) is 0 Å². The van der Waals surface area contributed by atoms with E-state index in [1.807, 2.05) is 0 Å². The van der Waals surface area contributed by atoms with Crippen molar-refractivity contribution in [2.45, 2.75) is 13.8 Å². The van der Waals surface area contributed by atoms with Crippen molar-refractivity contribution in [2.24, 2.45) is 0 Å². The second-order valence-corrected chi connectivity index (χ2v) is 3.21. The highest BCUT2D eigenvalue weighted by atomic mass is 15.2. The smallest absolute Gasteiger partial charge is 0.155 e. The Morgan fingerprint density at radius 1 is 1.08 bits per heavy atom. The minimum Gasteiger partial charge on any atom is -0.259 e. The van der Waals surface area contributed by atoms with Crippen molar-refractivity contribution < 1.29 is 0 Å². The Balaban J connectivity index is 2.53. The largest absolute Gasteiger partial charge is 0.259 e. The van der Waals surface area contributed by atoms with E-state index in [0.717, 1.165) is 11.4 Å². The Kier molecular flexibility index (Phi) is 1.85. The van der Waals surface area contributed by atoms with Crippen molar-refractivity contribution in [2.75, 3.05) is 0 Å². The molecule has 0 unspecified atom stereocenters. The molecule has 0 saturated heterocycles. The van der Waals surface area contributed by atoms with Crippen molar-refractivity contribution >= 4 is 0 Å². The zero-order valence-corrected chi connectivity index (χ0v) is 7.70. The SMILES string of the molecule is Cc1cc(C)cc(-c2ncn[nH]2)c1. The molecule has 0 aliphatic carbocycles. The van der Waals surface area contributed by atoms with Gasteiger partial charge in [0.1, 0.15) is 6.33 Å². The number of hydrogen-bond acceptors (Lipinski definition) is 2. The molecule has 0 saturated carbocycles. The van der Waals surface area contributed by atoms with Gasteiger partial charge in [-0.25, -0.2) is 4.98 Å². The number of rotatable bonds is 1. The summed E-state index contributed by atoms with van der Waals surface area (Å²) in [5.41, 5.74) is 3.58. The van der Waals surface area contributed by atoms with Crippen molar-refractivity contribution in [3.63, 3.8) is 0 Å². The van der Waals surface area contributed by atoms with E-state index in [9.17, 15) is 0 Å². The molecule has 3 heteroatoms. The number of hydrogen-bond donors (Lipinski definition) is 1. The van der Waals surface area contributed by atoms with Gasteiger partial charge in [-0.15, -0.1) is 0 Å². The van der Waals surface area contributed by atoms with Crippen LogP contribution >= 0.6 is 0 Å². The highest BCUT2D eigenvalue weighted by Crippen LogP contribution is 2.17. The number of nitrogens with one attached hydrogen (secondary N) is 1. The average Bonchev–Trinajstić information content (AvgIpc) is 2.53. The fourth-order valence-corrected chi connectivity index (χ4v) is 1.46. The van der Waals surface area contributed by atoms with Crippen LogP contribution in [-0.4, -0.2) is 15.2 Å². The fraction of sp³-hybridized carbons (Fsp3) is 0.200. The molecule has 3 nitrogen and oxygen atoms in total. The molecule has 13 heavy (non-hydrogen) atoms. The Bertz CT molecular complexity index is 384. The molecular formula is C10H11N3. The molecule has 2 aromatic rings. The Morgan fingerprint density at radius 2 is 1.77 bits per heavy atom. The summed E-state index contributed by atoms with van der Waals surface area (Å²) in [7, 11) is 0. The van der Waals surface area contributed by atoms with Crippen LogP contribution in [0, 0.1) is 13.8 Å². The topological polar surface area (TPSA) is 41.6 Å². The first-order valence-corrected chi connectivity index (χ1v) is 4.20. The van der Waals surface area contributed by atoms with Crippen LogP contribution in [0.5, 0.6) is 0 Å². The summed E-state index contributed by atoms with van der Waals surface area (Å²) in [6.45, 7) is 4.15. The normalized spacial score (nSPS) is 10.3. The standard InChI is InChI=1S/C10H11N3/c1-7-3-8(2)5-9(4-7)10-11-6-12-13-10/h3-6H,1-2H3,(H,11,12,13). The highest BCUT2D eigenvalue weighted by molar-refractivity contribution is 5.56. The maximum Gasteiger partial charge on any atom is 0.155 e. The molecule has 1 N–H and O–H groups in total. The molecule has 1 aromatic carbocycles. The van der Waals surface area contributed by atoms with Gasteiger partial charge in [0.15, 0.2) is 5.82 Å². The van der Waals surface area contributed by atoms with E-state index in [4.69, 9.17) is 0 Å². The molecule has 1 heterocycles. The van der Waals surface area contributed by atoms with Gasteiger partial charge in [-0.2, -0.15) is 5.10 Å². The quantitative estimate of drug-likeness (QED) is 0.717. The molecule has 1 aromatic heterocycles. The number of aromatic nitrogens is 3. The van der Waals surface area contributed by atoms with Gasteiger partial charge in [-0.05, 0) is 26.0 Å². The first-order chi connectivity index (χ1) is 6.25. The first kappa shape index (κ1) is 7.98. The minimum absolute atomic E-state index is 0.826. The second kappa shape index (κ2) is 3.01. The molecule has 0 atom stereocenters. The third-order valence-corrected chi connectivity index (χ3v) is 1.91. The van der Waals surface area contributed by atoms with Crippen molar-refractivity contribution in [1.29, 1.82) is 0 Å². The molecule has 0 aliphatic heterocycles. The summed E-state index contributed by atoms with van der Waals surface area (Å²) < 4.78 is 0. The third-order valence-electron chi connectivity index (χ3n) is 1.91. The van der Waals surface area contributed by atoms with E-state index in [1.54, 1.807) is 0 Å². The first-order valence-electron chi connectivity index (χ1n) is 4.20. The van der Waals surface area contributed by atoms with E-state index >= 15 is 0 Å². The third kappa shape index (κ3) is 1.59. The maximum atomic E-state index is 4.10. The number of aryl methyl sites for hydroxylation is 2. The van der Waals surface area contributed by atoms with Crippen LogP contribution < -0.4 is 0 Å². The second-order valence-electron chi connectivity index (χ2n) is 3.21. The minimum atomic E-state index is 0.826. The fourth-order valence-electron chi connectivity index (χ4n) is 1.46. The van der Waals surface area contributed by atoms with Crippen LogP contribution in [0.3, 0.4) is 0 Å². The van der Waals surface area contributed by atoms with Gasteiger partial charge < -0.3 is 0 Å². The van der Waals surface area contributed by atoms with Crippen molar-refractivity contribution in [3.05, 3.63) is 35.7 Å². The lowest BCUT2D eigenvalue weighted by atomic mass is 10.1. The number of nitrogens with zero attached hydrogens (tertiary/aromatic N) is 2. The lowest BCUT2D eigenvalue weighted by Crippen LogP contribution is -1.84. The summed E-state index contributed by atoms with van der Waals surface area (Å²) in [5, 5.41) is 6.67. The average molecular weight is 173 g/mol. The van der Waals surface area contributed by atoms with Gasteiger partial charge in [0, 0.05) is 5.56 Å². The van der Waals surface area contributed by atoms with Crippen molar-refractivity contribution in [3.8, 4) is 11.4 Å². The lowest BCUT2D eigenvalue weighted by Gasteiger charge is -2.00. The van der Waals surface area contributed by atoms with E-state index in [0.29, 0.717) is 0 Å². The number of aromatic amines is 1. The van der Waals surface area contributed by atoms with Gasteiger partial charge in [0.25, 0.3) is 0 Å². The lowest BCUT2D eigenvalue weighted by molar-refractivity contribution is 1.09. The Hall–Kier alpha value is -1.64. The van der Waals surface area contributed by atoms with Gasteiger partial charge in [-0.1, -0.05) is 17.2 Å². The van der Waals surface area contributed by atoms with Crippen molar-refractivity contribution in [1.82, 2.24) is 15.2 Å². The summed E-state index contributed by atoms with van der Waals surface area (Å²) >= 11 is 0. The molecule has 66 valence electrons. The molecule has 0 aliphatic rings. The zero-order valence-electron chi connectivity index (χ0n) is 7.70. The number of benzene rings is 1. The number of H-pyrrole nitrogens is 1. The van der Waals surface area contributed by atoms with Crippen LogP contribution in [0.1, 0.15) is 11.1 Å². The van der Waals surface area contributed by atoms with Gasteiger partial charge in [-0.3, -0.25) is 5.10 Å². The van der Waals surface area contributed by atoms with Crippen LogP contribution in [0.2, 0.25) is 0 Å². The van der Waals surface area contributed by atoms with Crippen LogP contribution in [-0.2, 0) is 0 Å². The van der Waals surface area contributed by atoms with Gasteiger partial charge in [0.2, 0.25) is 0 Å². The summed E-state index contributed by atoms with van der Waals surface area (Å²) in [6.07, 6.45) is 1.52. The zero-order chi connectivity index (χ0) is 9.26. The monoisotopic (exact) mass is 173 g/mol. The predicted octanol–water partition coefficient (Wildman–Crippen LogP) is 2.09. The summed E-state index contributed by atoms with van der Waals surface area (Å²) in [4.78, 5) is 4.10. The Morgan fingerprint density at radius 3 is 2.31 bits per heavy atom. The summed E-state index contributed by atoms with van der Waals surface area (Å²) in [5.74, 6) is 0.826. The molecule has 0 spiro atoms. The predicted molar refractivity (Wildman–Crippen MR) is 51.3 cm³/mol. The molecule has 2 rings (SSSR count). The highest BCUT2D eigenvalue weighted by Gasteiger charge is 2.00. The van der Waals surface area contributed by atoms with Crippen LogP contribution in [0.25, 0.3) is 11.4 Å². The molecule has 0 amide bonds. The van der Waals surface area contributed by atoms with E-state index in [1.165, 1.54) is 17.5 Å². The van der Waals surface area contributed by atoms with Crippen LogP contribution in [0.15, 0.2) is 24.5 Å². The van der Waals surface area contributed by atoms with E-state index in [2.05, 4.69) is 47.2 Å². The molecule has 0 bridgehead atoms. The van der Waals surface area contributed by atoms with Gasteiger partial charge >= 0.3 is 0 Å². The maximum absolute atomic E-state index is 4.10. The Labute approximate surface area is 76.8 Å². The summed E-state index contributed by atoms with van der Waals surface area (Å²) in [6, 6.07) is 6.32. The molecule has 0 radical (unpaired) electrons. The molecule has 0 fully saturated rings. The van der Waals surface area contributed by atoms with E-state index in [-0.39, 0.29) is 0 Å². The molecular weight excluding hydrogens is 162 g/mol.